The molecule has 1 saturated heterocycles. The second-order valence-corrected chi connectivity index (χ2v) is 4.40. The second kappa shape index (κ2) is 6.65. The fourth-order valence-electron chi connectivity index (χ4n) is 1.90. The van der Waals surface area contributed by atoms with Gasteiger partial charge >= 0.3 is 0 Å². The predicted molar refractivity (Wildman–Crippen MR) is 74.4 cm³/mol. The molecule has 2 heterocycles. The van der Waals surface area contributed by atoms with E-state index in [4.69, 9.17) is 0 Å². The van der Waals surface area contributed by atoms with Gasteiger partial charge in [0, 0.05) is 45.1 Å². The SMILES string of the molecule is C=CCNC(=O)c1cnc(N2CCN(C=O)CC2)nc1. The van der Waals surface area contributed by atoms with Gasteiger partial charge in [-0.3, -0.25) is 9.59 Å². The fraction of sp³-hybridized carbons (Fsp3) is 0.385. The number of hydrogen-bond acceptors (Lipinski definition) is 5. The lowest BCUT2D eigenvalue weighted by atomic mass is 10.3. The van der Waals surface area contributed by atoms with Gasteiger partial charge in [-0.2, -0.15) is 0 Å². The lowest BCUT2D eigenvalue weighted by Gasteiger charge is -2.32. The number of carbonyl (C=O) groups excluding carboxylic acids is 2. The van der Waals surface area contributed by atoms with Crippen molar-refractivity contribution in [2.75, 3.05) is 37.6 Å². The molecule has 106 valence electrons. The molecular formula is C13H17N5O2. The molecule has 0 atom stereocenters. The van der Waals surface area contributed by atoms with Crippen LogP contribution in [0, 0.1) is 0 Å². The minimum absolute atomic E-state index is 0.220. The third-order valence-corrected chi connectivity index (χ3v) is 3.05. The van der Waals surface area contributed by atoms with Crippen molar-refractivity contribution in [2.24, 2.45) is 0 Å². The minimum Gasteiger partial charge on any atom is -0.348 e. The van der Waals surface area contributed by atoms with Crippen molar-refractivity contribution in [1.82, 2.24) is 20.2 Å². The summed E-state index contributed by atoms with van der Waals surface area (Å²) >= 11 is 0. The first-order valence-electron chi connectivity index (χ1n) is 6.40. The topological polar surface area (TPSA) is 78.4 Å². The van der Waals surface area contributed by atoms with E-state index in [0.29, 0.717) is 44.2 Å². The Bertz CT molecular complexity index is 480. The van der Waals surface area contributed by atoms with Gasteiger partial charge in [0.25, 0.3) is 5.91 Å². The Balaban J connectivity index is 1.96. The third-order valence-electron chi connectivity index (χ3n) is 3.05. The molecule has 7 nitrogen and oxygen atoms in total. The van der Waals surface area contributed by atoms with E-state index in [0.717, 1.165) is 6.41 Å². The molecule has 1 fully saturated rings. The smallest absolute Gasteiger partial charge is 0.254 e. The van der Waals surface area contributed by atoms with E-state index < -0.39 is 0 Å². The summed E-state index contributed by atoms with van der Waals surface area (Å²) in [6.45, 7) is 6.66. The van der Waals surface area contributed by atoms with Crippen molar-refractivity contribution in [2.45, 2.75) is 0 Å². The molecule has 1 aliphatic rings. The van der Waals surface area contributed by atoms with Crippen LogP contribution < -0.4 is 10.2 Å². The number of aromatic nitrogens is 2. The zero-order valence-electron chi connectivity index (χ0n) is 11.2. The van der Waals surface area contributed by atoms with Crippen LogP contribution in [0.3, 0.4) is 0 Å². The molecule has 2 rings (SSSR count). The van der Waals surface area contributed by atoms with Crippen molar-refractivity contribution in [3.63, 3.8) is 0 Å². The highest BCUT2D eigenvalue weighted by atomic mass is 16.1. The van der Waals surface area contributed by atoms with E-state index in [2.05, 4.69) is 21.9 Å². The van der Waals surface area contributed by atoms with Gasteiger partial charge in [0.1, 0.15) is 0 Å². The summed E-state index contributed by atoms with van der Waals surface area (Å²) in [6.07, 6.45) is 5.48. The second-order valence-electron chi connectivity index (χ2n) is 4.40. The average Bonchev–Trinajstić information content (AvgIpc) is 2.53. The Morgan fingerprint density at radius 2 is 1.95 bits per heavy atom. The van der Waals surface area contributed by atoms with Crippen LogP contribution in [0.5, 0.6) is 0 Å². The van der Waals surface area contributed by atoms with Crippen LogP contribution in [0.1, 0.15) is 10.4 Å². The van der Waals surface area contributed by atoms with Crippen LogP contribution in [-0.2, 0) is 4.79 Å². The molecule has 0 unspecified atom stereocenters. The van der Waals surface area contributed by atoms with Crippen LogP contribution in [-0.4, -0.2) is 59.9 Å². The maximum atomic E-state index is 11.7. The maximum absolute atomic E-state index is 11.7. The largest absolute Gasteiger partial charge is 0.348 e. The predicted octanol–water partition coefficient (Wildman–Crippen LogP) is -0.329. The highest BCUT2D eigenvalue weighted by Gasteiger charge is 2.18. The van der Waals surface area contributed by atoms with E-state index >= 15 is 0 Å². The Morgan fingerprint density at radius 1 is 1.30 bits per heavy atom. The van der Waals surface area contributed by atoms with Crippen LogP contribution >= 0.6 is 0 Å². The average molecular weight is 275 g/mol. The number of anilines is 1. The zero-order chi connectivity index (χ0) is 14.4. The molecule has 0 saturated carbocycles. The first-order chi connectivity index (χ1) is 9.74. The summed E-state index contributed by atoms with van der Waals surface area (Å²) in [5, 5.41) is 2.66. The maximum Gasteiger partial charge on any atom is 0.254 e. The van der Waals surface area contributed by atoms with Crippen LogP contribution in [0.25, 0.3) is 0 Å². The minimum atomic E-state index is -0.220. The lowest BCUT2D eigenvalue weighted by Crippen LogP contribution is -2.46. The molecule has 0 bridgehead atoms. The zero-order valence-corrected chi connectivity index (χ0v) is 11.2. The molecule has 7 heteroatoms. The van der Waals surface area contributed by atoms with Gasteiger partial charge in [-0.05, 0) is 0 Å². The van der Waals surface area contributed by atoms with E-state index in [1.165, 1.54) is 12.4 Å². The van der Waals surface area contributed by atoms with Crippen molar-refractivity contribution in [1.29, 1.82) is 0 Å². The summed E-state index contributed by atoms with van der Waals surface area (Å²) in [7, 11) is 0. The van der Waals surface area contributed by atoms with Gasteiger partial charge < -0.3 is 15.1 Å². The molecule has 20 heavy (non-hydrogen) atoms. The highest BCUT2D eigenvalue weighted by molar-refractivity contribution is 5.93. The Hall–Kier alpha value is -2.44. The van der Waals surface area contributed by atoms with Gasteiger partial charge in [-0.15, -0.1) is 6.58 Å². The summed E-state index contributed by atoms with van der Waals surface area (Å²) in [6, 6.07) is 0. The number of amides is 2. The van der Waals surface area contributed by atoms with Gasteiger partial charge in [0.2, 0.25) is 12.4 Å². The van der Waals surface area contributed by atoms with Gasteiger partial charge in [-0.25, -0.2) is 9.97 Å². The number of hydrogen-bond donors (Lipinski definition) is 1. The Morgan fingerprint density at radius 3 is 2.50 bits per heavy atom. The molecule has 2 amide bonds. The molecule has 0 radical (unpaired) electrons. The van der Waals surface area contributed by atoms with E-state index in [1.54, 1.807) is 11.0 Å². The van der Waals surface area contributed by atoms with Gasteiger partial charge in [0.05, 0.1) is 5.56 Å². The summed E-state index contributed by atoms with van der Waals surface area (Å²) in [5.41, 5.74) is 0.419. The molecule has 1 N–H and O–H groups in total. The molecule has 1 aliphatic heterocycles. The summed E-state index contributed by atoms with van der Waals surface area (Å²) in [5.74, 6) is 0.359. The Kier molecular flexibility index (Phi) is 4.65. The first-order valence-corrected chi connectivity index (χ1v) is 6.40. The lowest BCUT2D eigenvalue weighted by molar-refractivity contribution is -0.118. The Labute approximate surface area is 117 Å². The van der Waals surface area contributed by atoms with Crippen LogP contribution in [0.4, 0.5) is 5.95 Å². The van der Waals surface area contributed by atoms with Crippen molar-refractivity contribution < 1.29 is 9.59 Å². The first kappa shape index (κ1) is 14.0. The molecule has 1 aromatic heterocycles. The quantitative estimate of drug-likeness (QED) is 0.588. The normalized spacial score (nSPS) is 14.8. The highest BCUT2D eigenvalue weighted by Crippen LogP contribution is 2.10. The monoisotopic (exact) mass is 275 g/mol. The van der Waals surface area contributed by atoms with Gasteiger partial charge in [-0.1, -0.05) is 6.08 Å². The van der Waals surface area contributed by atoms with E-state index in [9.17, 15) is 9.59 Å². The number of rotatable bonds is 5. The van der Waals surface area contributed by atoms with Crippen LogP contribution in [0.15, 0.2) is 25.0 Å². The van der Waals surface area contributed by atoms with Crippen molar-refractivity contribution in [3.8, 4) is 0 Å². The number of carbonyl (C=O) groups is 2. The number of nitrogens with zero attached hydrogens (tertiary/aromatic N) is 4. The standard InChI is InChI=1S/C13H17N5O2/c1-2-3-14-12(20)11-8-15-13(16-9-11)18-6-4-17(10-19)5-7-18/h2,8-10H,1,3-7H2,(H,14,20). The van der Waals surface area contributed by atoms with Gasteiger partial charge in [0.15, 0.2) is 0 Å². The van der Waals surface area contributed by atoms with Crippen LogP contribution in [0.2, 0.25) is 0 Å². The summed E-state index contributed by atoms with van der Waals surface area (Å²) < 4.78 is 0. The van der Waals surface area contributed by atoms with Crippen molar-refractivity contribution in [3.05, 3.63) is 30.6 Å². The molecule has 1 aromatic rings. The molecular weight excluding hydrogens is 258 g/mol. The number of nitrogens with one attached hydrogen (secondary N) is 1. The molecule has 0 aliphatic carbocycles. The fourth-order valence-corrected chi connectivity index (χ4v) is 1.90. The third kappa shape index (κ3) is 3.31. The van der Waals surface area contributed by atoms with Crippen molar-refractivity contribution >= 4 is 18.3 Å². The molecule has 0 spiro atoms. The molecule has 0 aromatic carbocycles. The van der Waals surface area contributed by atoms with E-state index in [1.807, 2.05) is 4.90 Å². The summed E-state index contributed by atoms with van der Waals surface area (Å²) in [4.78, 5) is 34.4. The van der Waals surface area contributed by atoms with E-state index in [-0.39, 0.29) is 5.91 Å². The number of piperazine rings is 1.